The fourth-order valence-corrected chi connectivity index (χ4v) is 3.70. The molecule has 3 aromatic rings. The Kier molecular flexibility index (Phi) is 5.71. The van der Waals surface area contributed by atoms with Gasteiger partial charge in [-0.15, -0.1) is 6.58 Å². The van der Waals surface area contributed by atoms with Crippen molar-refractivity contribution < 1.29 is 18.4 Å². The molecule has 2 aromatic heterocycles. The first-order valence-electron chi connectivity index (χ1n) is 9.87. The fraction of sp³-hybridized carbons (Fsp3) is 0.348. The predicted molar refractivity (Wildman–Crippen MR) is 109 cm³/mol. The van der Waals surface area contributed by atoms with Crippen LogP contribution >= 0.6 is 0 Å². The van der Waals surface area contributed by atoms with Crippen LogP contribution in [0.1, 0.15) is 48.0 Å². The van der Waals surface area contributed by atoms with Crippen LogP contribution < -0.4 is 9.47 Å². The molecule has 1 unspecified atom stereocenters. The molecule has 2 atom stereocenters. The van der Waals surface area contributed by atoms with Crippen LogP contribution in [-0.2, 0) is 6.61 Å². The van der Waals surface area contributed by atoms with Crippen LogP contribution in [0.2, 0.25) is 0 Å². The molecule has 1 fully saturated rings. The molecule has 0 N–H and O–H groups in total. The third-order valence-corrected chi connectivity index (χ3v) is 5.42. The van der Waals surface area contributed by atoms with Gasteiger partial charge in [0.15, 0.2) is 17.3 Å². The second-order valence-electron chi connectivity index (χ2n) is 7.18. The number of hydrogen-bond donors (Lipinski definition) is 0. The van der Waals surface area contributed by atoms with Gasteiger partial charge in [-0.3, -0.25) is 4.90 Å². The summed E-state index contributed by atoms with van der Waals surface area (Å²) in [5.74, 6) is 2.47. The second-order valence-corrected chi connectivity index (χ2v) is 7.18. The lowest BCUT2D eigenvalue weighted by molar-refractivity contribution is 0.124. The maximum Gasteiger partial charge on any atom is 0.258 e. The van der Waals surface area contributed by atoms with E-state index >= 15 is 0 Å². The topological polar surface area (TPSA) is 60.9 Å². The van der Waals surface area contributed by atoms with Crippen molar-refractivity contribution in [2.75, 3.05) is 20.2 Å². The van der Waals surface area contributed by atoms with Crippen LogP contribution in [0.4, 0.5) is 0 Å². The van der Waals surface area contributed by atoms with Crippen molar-refractivity contribution in [1.82, 2.24) is 10.1 Å². The zero-order valence-corrected chi connectivity index (χ0v) is 16.8. The standard InChI is InChI=1S/C23H26N2O4/c1-4-18(25-12-8-13-25)22-20(16(2)21-19(26-3)11-14-27-21)23(24-29-22)28-15-17-9-6-5-7-10-17/h4-7,9-11,14,16,18H,1,8,12-13,15H2,2-3H3/t16?,18-/m0/s1. The number of ether oxygens (including phenoxy) is 2. The molecule has 0 amide bonds. The Morgan fingerprint density at radius 2 is 2.00 bits per heavy atom. The number of benzene rings is 1. The van der Waals surface area contributed by atoms with E-state index in [4.69, 9.17) is 18.4 Å². The maximum absolute atomic E-state index is 6.08. The van der Waals surface area contributed by atoms with Crippen LogP contribution in [0, 0.1) is 0 Å². The first-order valence-corrected chi connectivity index (χ1v) is 9.87. The van der Waals surface area contributed by atoms with Crippen molar-refractivity contribution in [2.45, 2.75) is 31.9 Å². The number of nitrogens with zero attached hydrogens (tertiary/aromatic N) is 2. The summed E-state index contributed by atoms with van der Waals surface area (Å²) in [6.45, 7) is 8.49. The van der Waals surface area contributed by atoms with Crippen LogP contribution in [-0.4, -0.2) is 30.3 Å². The Morgan fingerprint density at radius 3 is 2.66 bits per heavy atom. The van der Waals surface area contributed by atoms with Gasteiger partial charge in [0, 0.05) is 19.2 Å². The highest BCUT2D eigenvalue weighted by atomic mass is 16.5. The highest BCUT2D eigenvalue weighted by molar-refractivity contribution is 5.43. The minimum Gasteiger partial charge on any atom is -0.493 e. The Hall–Kier alpha value is -2.99. The van der Waals surface area contributed by atoms with E-state index in [2.05, 4.69) is 16.6 Å². The molecule has 0 aliphatic carbocycles. The Bertz CT molecular complexity index is 943. The van der Waals surface area contributed by atoms with Crippen molar-refractivity contribution >= 4 is 0 Å². The Balaban J connectivity index is 1.69. The van der Waals surface area contributed by atoms with Gasteiger partial charge >= 0.3 is 0 Å². The highest BCUT2D eigenvalue weighted by Gasteiger charge is 2.35. The van der Waals surface area contributed by atoms with E-state index in [-0.39, 0.29) is 12.0 Å². The number of aromatic nitrogens is 1. The van der Waals surface area contributed by atoms with Crippen LogP contribution in [0.15, 0.2) is 64.3 Å². The summed E-state index contributed by atoms with van der Waals surface area (Å²) in [5, 5.41) is 4.27. The van der Waals surface area contributed by atoms with Gasteiger partial charge < -0.3 is 18.4 Å². The molecule has 0 spiro atoms. The van der Waals surface area contributed by atoms with E-state index in [0.717, 1.165) is 30.0 Å². The lowest BCUT2D eigenvalue weighted by atomic mass is 9.94. The van der Waals surface area contributed by atoms with Crippen molar-refractivity contribution in [3.8, 4) is 11.6 Å². The van der Waals surface area contributed by atoms with Crippen LogP contribution in [0.5, 0.6) is 11.6 Å². The number of likely N-dealkylation sites (tertiary alicyclic amines) is 1. The molecule has 1 aliphatic rings. The van der Waals surface area contributed by atoms with E-state index in [1.54, 1.807) is 13.4 Å². The molecule has 1 aromatic carbocycles. The highest BCUT2D eigenvalue weighted by Crippen LogP contribution is 2.42. The summed E-state index contributed by atoms with van der Waals surface area (Å²) in [7, 11) is 1.63. The van der Waals surface area contributed by atoms with E-state index in [0.29, 0.717) is 24.0 Å². The fourth-order valence-electron chi connectivity index (χ4n) is 3.70. The van der Waals surface area contributed by atoms with E-state index in [1.165, 1.54) is 6.42 Å². The summed E-state index contributed by atoms with van der Waals surface area (Å²) in [6.07, 6.45) is 4.70. The zero-order valence-electron chi connectivity index (χ0n) is 16.8. The average Bonchev–Trinajstić information content (AvgIpc) is 3.36. The number of furan rings is 1. The largest absolute Gasteiger partial charge is 0.493 e. The number of rotatable bonds is 9. The Morgan fingerprint density at radius 1 is 1.21 bits per heavy atom. The summed E-state index contributed by atoms with van der Waals surface area (Å²) < 4.78 is 23.1. The summed E-state index contributed by atoms with van der Waals surface area (Å²) in [6, 6.07) is 11.8. The zero-order chi connectivity index (χ0) is 20.2. The van der Waals surface area contributed by atoms with E-state index in [1.807, 2.05) is 49.4 Å². The Labute approximate surface area is 170 Å². The van der Waals surface area contributed by atoms with Crippen molar-refractivity contribution in [3.63, 3.8) is 0 Å². The molecule has 0 bridgehead atoms. The van der Waals surface area contributed by atoms with Gasteiger partial charge in [-0.1, -0.05) is 43.3 Å². The van der Waals surface area contributed by atoms with Crippen molar-refractivity contribution in [3.05, 3.63) is 78.0 Å². The minimum atomic E-state index is -0.157. The molecule has 29 heavy (non-hydrogen) atoms. The van der Waals surface area contributed by atoms with E-state index in [9.17, 15) is 0 Å². The molecule has 0 saturated carbocycles. The summed E-state index contributed by atoms with van der Waals surface area (Å²) in [5.41, 5.74) is 1.93. The third kappa shape index (κ3) is 3.80. The SMILES string of the molecule is C=C[C@@H](c1onc(OCc2ccccc2)c1C(C)c1occc1OC)N1CCC1. The molecule has 3 heterocycles. The van der Waals surface area contributed by atoms with Crippen LogP contribution in [0.25, 0.3) is 0 Å². The lowest BCUT2D eigenvalue weighted by Gasteiger charge is -2.35. The molecule has 6 nitrogen and oxygen atoms in total. The van der Waals surface area contributed by atoms with Gasteiger partial charge in [-0.25, -0.2) is 0 Å². The van der Waals surface area contributed by atoms with Gasteiger partial charge in [0.2, 0.25) is 0 Å². The summed E-state index contributed by atoms with van der Waals surface area (Å²) >= 11 is 0. The molecule has 152 valence electrons. The van der Waals surface area contributed by atoms with Gasteiger partial charge in [-0.05, 0) is 17.1 Å². The predicted octanol–water partition coefficient (Wildman–Crippen LogP) is 4.94. The quantitative estimate of drug-likeness (QED) is 0.479. The van der Waals surface area contributed by atoms with Crippen LogP contribution in [0.3, 0.4) is 0 Å². The lowest BCUT2D eigenvalue weighted by Crippen LogP contribution is -2.39. The van der Waals surface area contributed by atoms with Gasteiger partial charge in [0.05, 0.1) is 30.9 Å². The monoisotopic (exact) mass is 394 g/mol. The van der Waals surface area contributed by atoms with Gasteiger partial charge in [0.1, 0.15) is 6.61 Å². The van der Waals surface area contributed by atoms with Gasteiger partial charge in [0.25, 0.3) is 5.88 Å². The molecule has 0 radical (unpaired) electrons. The van der Waals surface area contributed by atoms with Gasteiger partial charge in [-0.2, -0.15) is 0 Å². The normalized spacial score (nSPS) is 16.1. The number of methoxy groups -OCH3 is 1. The first kappa shape index (κ1) is 19.3. The molecular formula is C23H26N2O4. The maximum atomic E-state index is 6.08. The van der Waals surface area contributed by atoms with Crippen molar-refractivity contribution in [1.29, 1.82) is 0 Å². The molecule has 4 rings (SSSR count). The second kappa shape index (κ2) is 8.57. The molecule has 6 heteroatoms. The third-order valence-electron chi connectivity index (χ3n) is 5.42. The average molecular weight is 394 g/mol. The summed E-state index contributed by atoms with van der Waals surface area (Å²) in [4.78, 5) is 2.31. The molecular weight excluding hydrogens is 368 g/mol. The number of hydrogen-bond acceptors (Lipinski definition) is 6. The molecule has 1 aliphatic heterocycles. The first-order chi connectivity index (χ1) is 14.2. The minimum absolute atomic E-state index is 0.0521. The van der Waals surface area contributed by atoms with E-state index < -0.39 is 0 Å². The smallest absolute Gasteiger partial charge is 0.258 e. The molecule has 1 saturated heterocycles. The van der Waals surface area contributed by atoms with Crippen molar-refractivity contribution in [2.24, 2.45) is 0 Å².